The smallest absolute Gasteiger partial charge is 0.222 e. The van der Waals surface area contributed by atoms with E-state index in [1.54, 1.807) is 14.2 Å². The molecule has 1 saturated heterocycles. The van der Waals surface area contributed by atoms with E-state index < -0.39 is 0 Å². The van der Waals surface area contributed by atoms with Crippen LogP contribution < -0.4 is 20.1 Å². The van der Waals surface area contributed by atoms with E-state index in [4.69, 9.17) is 20.3 Å². The molecule has 39 heavy (non-hydrogen) atoms. The summed E-state index contributed by atoms with van der Waals surface area (Å²) in [5.74, 6) is 3.06. The number of aromatic nitrogens is 4. The predicted molar refractivity (Wildman–Crippen MR) is 154 cm³/mol. The highest BCUT2D eigenvalue weighted by Gasteiger charge is 2.30. The molecule has 2 aliphatic rings. The normalized spacial score (nSPS) is 16.9. The average Bonchev–Trinajstić information content (AvgIpc) is 3.32. The molecule has 2 aromatic heterocycles. The number of aliphatic hydroxyl groups excluding tert-OH is 1. The number of ether oxygens (including phenoxy) is 2. The van der Waals surface area contributed by atoms with Gasteiger partial charge >= 0.3 is 0 Å². The largest absolute Gasteiger partial charge is 0.496 e. The van der Waals surface area contributed by atoms with E-state index >= 15 is 0 Å². The number of rotatable bonds is 12. The van der Waals surface area contributed by atoms with Gasteiger partial charge in [-0.15, -0.1) is 0 Å². The molecule has 10 heteroatoms. The minimum atomic E-state index is 0.0266. The van der Waals surface area contributed by atoms with E-state index in [-0.39, 0.29) is 12.6 Å². The number of unbranched alkanes of at least 4 members (excludes halogenated alkanes) is 1. The molecule has 2 fully saturated rings. The van der Waals surface area contributed by atoms with Crippen molar-refractivity contribution in [2.75, 3.05) is 57.6 Å². The predicted octanol–water partition coefficient (Wildman–Crippen LogP) is 3.80. The molecule has 0 spiro atoms. The van der Waals surface area contributed by atoms with Gasteiger partial charge in [-0.25, -0.2) is 4.98 Å². The average molecular weight is 538 g/mol. The minimum absolute atomic E-state index is 0.0266. The lowest BCUT2D eigenvalue weighted by Crippen LogP contribution is -2.44. The van der Waals surface area contributed by atoms with Gasteiger partial charge in [-0.1, -0.05) is 19.8 Å². The summed E-state index contributed by atoms with van der Waals surface area (Å²) in [5.41, 5.74) is 9.64. The number of fused-ring (bicyclic) bond motifs is 1. The number of likely N-dealkylation sites (tertiary alicyclic amines) is 1. The lowest BCUT2D eigenvalue weighted by molar-refractivity contribution is 0.0971. The Morgan fingerprint density at radius 1 is 1.05 bits per heavy atom. The van der Waals surface area contributed by atoms with Crippen molar-refractivity contribution in [1.29, 1.82) is 0 Å². The number of aliphatic hydroxyl groups is 1. The van der Waals surface area contributed by atoms with E-state index in [9.17, 15) is 5.11 Å². The molecule has 1 saturated carbocycles. The summed E-state index contributed by atoms with van der Waals surface area (Å²) in [5, 5.41) is 14.5. The van der Waals surface area contributed by atoms with Crippen LogP contribution in [0.1, 0.15) is 68.9 Å². The van der Waals surface area contributed by atoms with Crippen LogP contribution in [0.5, 0.6) is 11.5 Å². The summed E-state index contributed by atoms with van der Waals surface area (Å²) < 4.78 is 13.6. The molecule has 3 N–H and O–H groups in total. The maximum Gasteiger partial charge on any atom is 0.222 e. The molecule has 5 rings (SSSR count). The van der Waals surface area contributed by atoms with Crippen molar-refractivity contribution in [3.05, 3.63) is 29.5 Å². The first-order valence-corrected chi connectivity index (χ1v) is 14.4. The Kier molecular flexibility index (Phi) is 8.72. The van der Waals surface area contributed by atoms with Crippen LogP contribution in [0.2, 0.25) is 0 Å². The molecule has 212 valence electrons. The number of nitrogen functional groups attached to an aromatic ring is 1. The summed E-state index contributed by atoms with van der Waals surface area (Å²) >= 11 is 0. The van der Waals surface area contributed by atoms with Crippen LogP contribution in [-0.2, 0) is 6.54 Å². The van der Waals surface area contributed by atoms with Gasteiger partial charge in [0.15, 0.2) is 11.3 Å². The van der Waals surface area contributed by atoms with Gasteiger partial charge in [0.2, 0.25) is 5.95 Å². The van der Waals surface area contributed by atoms with Crippen molar-refractivity contribution in [3.8, 4) is 11.5 Å². The van der Waals surface area contributed by atoms with Gasteiger partial charge in [0.05, 0.1) is 33.6 Å². The summed E-state index contributed by atoms with van der Waals surface area (Å²) in [4.78, 5) is 13.6. The highest BCUT2D eigenvalue weighted by atomic mass is 16.5. The van der Waals surface area contributed by atoms with E-state index in [1.165, 1.54) is 24.8 Å². The van der Waals surface area contributed by atoms with Crippen LogP contribution in [0, 0.1) is 0 Å². The first-order valence-electron chi connectivity index (χ1n) is 14.4. The van der Waals surface area contributed by atoms with Crippen LogP contribution in [0.25, 0.3) is 11.0 Å². The summed E-state index contributed by atoms with van der Waals surface area (Å²) in [6.45, 7) is 6.19. The maximum atomic E-state index is 9.64. The third-order valence-electron chi connectivity index (χ3n) is 8.39. The Hall–Kier alpha value is -3.11. The number of hydrogen-bond acceptors (Lipinski definition) is 9. The maximum absolute atomic E-state index is 9.64. The monoisotopic (exact) mass is 537 g/mol. The molecule has 0 amide bonds. The van der Waals surface area contributed by atoms with Gasteiger partial charge in [0, 0.05) is 30.3 Å². The van der Waals surface area contributed by atoms with E-state index in [2.05, 4.69) is 33.9 Å². The minimum Gasteiger partial charge on any atom is -0.496 e. The number of nitrogens with two attached hydrogens (primary N) is 1. The van der Waals surface area contributed by atoms with Crippen molar-refractivity contribution in [3.63, 3.8) is 0 Å². The highest BCUT2D eigenvalue weighted by molar-refractivity contribution is 5.86. The van der Waals surface area contributed by atoms with Gasteiger partial charge < -0.3 is 30.1 Å². The fourth-order valence-electron chi connectivity index (χ4n) is 5.99. The second-order valence-corrected chi connectivity index (χ2v) is 10.8. The summed E-state index contributed by atoms with van der Waals surface area (Å²) in [6, 6.07) is 5.06. The summed E-state index contributed by atoms with van der Waals surface area (Å²) in [6.07, 6.45) is 10.3. The molecular formula is C29H43N7O3. The molecule has 1 aliphatic carbocycles. The quantitative estimate of drug-likeness (QED) is 0.356. The zero-order valence-corrected chi connectivity index (χ0v) is 23.6. The van der Waals surface area contributed by atoms with Crippen LogP contribution in [0.4, 0.5) is 11.8 Å². The first-order chi connectivity index (χ1) is 19.0. The molecular weight excluding hydrogens is 494 g/mol. The Labute approximate surface area is 231 Å². The van der Waals surface area contributed by atoms with Crippen molar-refractivity contribution < 1.29 is 14.6 Å². The Morgan fingerprint density at radius 2 is 1.82 bits per heavy atom. The number of anilines is 2. The van der Waals surface area contributed by atoms with Crippen molar-refractivity contribution >= 4 is 22.8 Å². The second kappa shape index (κ2) is 12.4. The fraction of sp³-hybridized carbons (Fsp3) is 0.621. The fourth-order valence-corrected chi connectivity index (χ4v) is 5.99. The Balaban J connectivity index is 1.40. The van der Waals surface area contributed by atoms with Crippen LogP contribution in [0.15, 0.2) is 18.3 Å². The molecule has 0 atom stereocenters. The molecule has 1 aliphatic heterocycles. The molecule has 0 unspecified atom stereocenters. The van der Waals surface area contributed by atoms with Gasteiger partial charge in [-0.2, -0.15) is 10.1 Å². The third kappa shape index (κ3) is 5.91. The van der Waals surface area contributed by atoms with E-state index in [1.807, 2.05) is 15.8 Å². The number of piperidine rings is 1. The Morgan fingerprint density at radius 3 is 2.46 bits per heavy atom. The van der Waals surface area contributed by atoms with Gasteiger partial charge in [0.1, 0.15) is 17.0 Å². The van der Waals surface area contributed by atoms with Crippen LogP contribution in [0.3, 0.4) is 0 Å². The molecule has 3 aromatic rings. The summed E-state index contributed by atoms with van der Waals surface area (Å²) in [7, 11) is 3.47. The molecule has 1 aromatic carbocycles. The zero-order chi connectivity index (χ0) is 27.4. The molecule has 0 radical (unpaired) electrons. The van der Waals surface area contributed by atoms with Gasteiger partial charge in [-0.05, 0) is 63.2 Å². The van der Waals surface area contributed by atoms with Crippen molar-refractivity contribution in [1.82, 2.24) is 24.6 Å². The number of methoxy groups -OCH3 is 2. The van der Waals surface area contributed by atoms with Gasteiger partial charge in [-0.3, -0.25) is 4.68 Å². The van der Waals surface area contributed by atoms with E-state index in [0.29, 0.717) is 35.9 Å². The topological polar surface area (TPSA) is 115 Å². The highest BCUT2D eigenvalue weighted by Crippen LogP contribution is 2.40. The lowest BCUT2D eigenvalue weighted by atomic mass is 9.84. The number of benzene rings is 1. The van der Waals surface area contributed by atoms with Crippen molar-refractivity contribution in [2.24, 2.45) is 0 Å². The second-order valence-electron chi connectivity index (χ2n) is 10.8. The molecule has 0 bridgehead atoms. The van der Waals surface area contributed by atoms with Crippen LogP contribution >= 0.6 is 0 Å². The standard InChI is InChI=1S/C29H43N7O3/c1-4-5-11-35(14-15-37)28-27-24(31-29(30)32-28)19-36(33-27)18-21-16-26(39-3)23(17-25(21)38-2)20-9-12-34(13-10-20)22-7-6-8-22/h16-17,19-20,22,37H,4-15,18H2,1-3H3,(H2,30,31). The zero-order valence-electron chi connectivity index (χ0n) is 23.6. The molecule has 3 heterocycles. The van der Waals surface area contributed by atoms with Gasteiger partial charge in [0.25, 0.3) is 0 Å². The van der Waals surface area contributed by atoms with E-state index in [0.717, 1.165) is 68.4 Å². The molecule has 10 nitrogen and oxygen atoms in total. The number of hydrogen-bond donors (Lipinski definition) is 2. The lowest BCUT2D eigenvalue weighted by Gasteiger charge is -2.42. The Bertz CT molecular complexity index is 1250. The number of nitrogens with zero attached hydrogens (tertiary/aromatic N) is 6. The SMILES string of the molecule is CCCCN(CCO)c1nc(N)nc2cn(Cc3cc(OC)c(C4CCN(C5CCC5)CC4)cc3OC)nc12. The van der Waals surface area contributed by atoms with Crippen molar-refractivity contribution in [2.45, 2.75) is 70.4 Å². The van der Waals surface area contributed by atoms with Crippen LogP contribution in [-0.4, -0.2) is 82.8 Å². The third-order valence-corrected chi connectivity index (χ3v) is 8.39. The first kappa shape index (κ1) is 27.5.